The number of rotatable bonds is 8. The molecule has 0 atom stereocenters. The average molecular weight is 327 g/mol. The van der Waals surface area contributed by atoms with E-state index in [4.69, 9.17) is 4.74 Å². The molecule has 1 heterocycles. The van der Waals surface area contributed by atoms with Crippen molar-refractivity contribution < 1.29 is 14.3 Å². The molecule has 2 N–H and O–H groups in total. The second-order valence-corrected chi connectivity index (χ2v) is 5.26. The largest absolute Gasteiger partial charge is 0.484 e. The minimum atomic E-state index is -0.183. The van der Waals surface area contributed by atoms with E-state index in [1.165, 1.54) is 6.20 Å². The molecule has 0 aliphatic carbocycles. The van der Waals surface area contributed by atoms with Crippen LogP contribution >= 0.6 is 0 Å². The van der Waals surface area contributed by atoms with E-state index in [2.05, 4.69) is 15.6 Å². The van der Waals surface area contributed by atoms with E-state index in [1.807, 2.05) is 31.2 Å². The van der Waals surface area contributed by atoms with E-state index >= 15 is 0 Å². The smallest absolute Gasteiger partial charge is 0.257 e. The van der Waals surface area contributed by atoms with Crippen molar-refractivity contribution in [3.05, 3.63) is 59.9 Å². The van der Waals surface area contributed by atoms with Crippen LogP contribution in [0.1, 0.15) is 22.3 Å². The van der Waals surface area contributed by atoms with Gasteiger partial charge in [-0.25, -0.2) is 0 Å². The predicted molar refractivity (Wildman–Crippen MR) is 90.9 cm³/mol. The Morgan fingerprint density at radius 3 is 2.62 bits per heavy atom. The Morgan fingerprint density at radius 2 is 1.88 bits per heavy atom. The number of carbonyl (C=O) groups excluding carboxylic acids is 2. The van der Waals surface area contributed by atoms with E-state index in [9.17, 15) is 9.59 Å². The van der Waals surface area contributed by atoms with Crippen molar-refractivity contribution in [2.24, 2.45) is 0 Å². The number of ether oxygens (including phenoxy) is 1. The molecule has 0 aliphatic heterocycles. The zero-order valence-corrected chi connectivity index (χ0v) is 13.6. The molecule has 0 radical (unpaired) electrons. The van der Waals surface area contributed by atoms with Crippen LogP contribution in [-0.4, -0.2) is 36.5 Å². The molecule has 1 aromatic heterocycles. The van der Waals surface area contributed by atoms with Gasteiger partial charge in [0.05, 0.1) is 5.56 Å². The van der Waals surface area contributed by atoms with Gasteiger partial charge < -0.3 is 15.4 Å². The molecular weight excluding hydrogens is 306 g/mol. The van der Waals surface area contributed by atoms with Crippen molar-refractivity contribution in [3.63, 3.8) is 0 Å². The van der Waals surface area contributed by atoms with Crippen LogP contribution < -0.4 is 15.4 Å². The first-order chi connectivity index (χ1) is 11.7. The highest BCUT2D eigenvalue weighted by atomic mass is 16.5. The van der Waals surface area contributed by atoms with Gasteiger partial charge in [-0.15, -0.1) is 0 Å². The molecule has 1 aromatic carbocycles. The van der Waals surface area contributed by atoms with Gasteiger partial charge in [-0.3, -0.25) is 14.6 Å². The Kier molecular flexibility index (Phi) is 6.76. The van der Waals surface area contributed by atoms with Crippen LogP contribution in [0.5, 0.6) is 5.75 Å². The maximum atomic E-state index is 11.8. The van der Waals surface area contributed by atoms with E-state index in [0.29, 0.717) is 30.8 Å². The quantitative estimate of drug-likeness (QED) is 0.723. The van der Waals surface area contributed by atoms with Crippen LogP contribution in [-0.2, 0) is 4.79 Å². The molecule has 2 aromatic rings. The molecule has 0 bridgehead atoms. The first-order valence-corrected chi connectivity index (χ1v) is 7.80. The van der Waals surface area contributed by atoms with Crippen molar-refractivity contribution in [2.75, 3.05) is 19.7 Å². The number of benzene rings is 1. The monoisotopic (exact) mass is 327 g/mol. The van der Waals surface area contributed by atoms with Crippen LogP contribution in [0.25, 0.3) is 0 Å². The Labute approximate surface area is 141 Å². The molecule has 6 heteroatoms. The molecule has 2 amide bonds. The minimum Gasteiger partial charge on any atom is -0.484 e. The Bertz CT molecular complexity index is 674. The minimum absolute atomic E-state index is 0.0209. The fourth-order valence-corrected chi connectivity index (χ4v) is 2.03. The number of nitrogens with zero attached hydrogens (tertiary/aromatic N) is 1. The molecule has 0 saturated carbocycles. The Balaban J connectivity index is 1.58. The van der Waals surface area contributed by atoms with Gasteiger partial charge >= 0.3 is 0 Å². The number of pyridine rings is 1. The summed E-state index contributed by atoms with van der Waals surface area (Å²) >= 11 is 0. The first-order valence-electron chi connectivity index (χ1n) is 7.80. The summed E-state index contributed by atoms with van der Waals surface area (Å²) < 4.78 is 5.46. The highest BCUT2D eigenvalue weighted by Crippen LogP contribution is 2.15. The number of carbonyl (C=O) groups is 2. The summed E-state index contributed by atoms with van der Waals surface area (Å²) in [5, 5.41) is 5.53. The number of hydrogen-bond donors (Lipinski definition) is 2. The number of amides is 2. The lowest BCUT2D eigenvalue weighted by atomic mass is 10.2. The lowest BCUT2D eigenvalue weighted by Gasteiger charge is -2.09. The predicted octanol–water partition coefficient (Wildman–Crippen LogP) is 1.71. The molecule has 0 unspecified atom stereocenters. The molecule has 6 nitrogen and oxygen atoms in total. The van der Waals surface area contributed by atoms with Gasteiger partial charge in [-0.1, -0.05) is 18.2 Å². The highest BCUT2D eigenvalue weighted by molar-refractivity contribution is 5.93. The van der Waals surface area contributed by atoms with Gasteiger partial charge in [0.15, 0.2) is 6.61 Å². The third-order valence-electron chi connectivity index (χ3n) is 3.34. The molecular formula is C18H21N3O3. The van der Waals surface area contributed by atoms with Crippen molar-refractivity contribution in [1.29, 1.82) is 0 Å². The Morgan fingerprint density at radius 1 is 1.08 bits per heavy atom. The average Bonchev–Trinajstić information content (AvgIpc) is 2.61. The lowest BCUT2D eigenvalue weighted by molar-refractivity contribution is -0.123. The normalized spacial score (nSPS) is 10.0. The Hall–Kier alpha value is -2.89. The number of para-hydroxylation sites is 1. The number of aryl methyl sites for hydroxylation is 1. The maximum Gasteiger partial charge on any atom is 0.257 e. The fourth-order valence-electron chi connectivity index (χ4n) is 2.03. The summed E-state index contributed by atoms with van der Waals surface area (Å²) in [6.45, 7) is 2.86. The molecule has 126 valence electrons. The molecule has 0 saturated heterocycles. The summed E-state index contributed by atoms with van der Waals surface area (Å²) in [5.74, 6) is 0.352. The van der Waals surface area contributed by atoms with E-state index in [1.54, 1.807) is 18.3 Å². The zero-order valence-electron chi connectivity index (χ0n) is 13.6. The summed E-state index contributed by atoms with van der Waals surface area (Å²) in [5.41, 5.74) is 1.51. The lowest BCUT2D eigenvalue weighted by Crippen LogP contribution is -2.32. The second-order valence-electron chi connectivity index (χ2n) is 5.26. The van der Waals surface area contributed by atoms with Crippen LogP contribution in [0.15, 0.2) is 48.8 Å². The van der Waals surface area contributed by atoms with E-state index in [0.717, 1.165) is 5.56 Å². The fraction of sp³-hybridized carbons (Fsp3) is 0.278. The van der Waals surface area contributed by atoms with Crippen molar-refractivity contribution >= 4 is 11.8 Å². The van der Waals surface area contributed by atoms with Crippen LogP contribution in [0.3, 0.4) is 0 Å². The molecule has 2 rings (SSSR count). The van der Waals surface area contributed by atoms with Gasteiger partial charge in [0.2, 0.25) is 0 Å². The van der Waals surface area contributed by atoms with Crippen molar-refractivity contribution in [3.8, 4) is 5.75 Å². The third kappa shape index (κ3) is 5.72. The van der Waals surface area contributed by atoms with E-state index < -0.39 is 0 Å². The second kappa shape index (κ2) is 9.29. The van der Waals surface area contributed by atoms with Crippen LogP contribution in [0.4, 0.5) is 0 Å². The van der Waals surface area contributed by atoms with Gasteiger partial charge in [0.25, 0.3) is 11.8 Å². The molecule has 0 spiro atoms. The topological polar surface area (TPSA) is 80.3 Å². The van der Waals surface area contributed by atoms with Gasteiger partial charge in [0, 0.05) is 25.5 Å². The zero-order chi connectivity index (χ0) is 17.2. The van der Waals surface area contributed by atoms with Crippen molar-refractivity contribution in [1.82, 2.24) is 15.6 Å². The first kappa shape index (κ1) is 17.5. The summed E-state index contributed by atoms with van der Waals surface area (Å²) in [6, 6.07) is 11.0. The standard InChI is InChI=1S/C18H21N3O3/c1-14-6-2-3-8-16(14)24-13-17(22)20-10-5-11-21-18(23)15-7-4-9-19-12-15/h2-4,6-9,12H,5,10-11,13H2,1H3,(H,20,22)(H,21,23). The van der Waals surface area contributed by atoms with E-state index in [-0.39, 0.29) is 18.4 Å². The number of aromatic nitrogens is 1. The van der Waals surface area contributed by atoms with Crippen LogP contribution in [0.2, 0.25) is 0 Å². The van der Waals surface area contributed by atoms with Gasteiger partial charge in [-0.05, 0) is 37.1 Å². The molecule has 24 heavy (non-hydrogen) atoms. The summed E-state index contributed by atoms with van der Waals surface area (Å²) in [6.07, 6.45) is 3.77. The number of nitrogens with one attached hydrogen (secondary N) is 2. The highest BCUT2D eigenvalue weighted by Gasteiger charge is 2.05. The van der Waals surface area contributed by atoms with Crippen LogP contribution in [0, 0.1) is 6.92 Å². The summed E-state index contributed by atoms with van der Waals surface area (Å²) in [7, 11) is 0. The molecule has 0 fully saturated rings. The third-order valence-corrected chi connectivity index (χ3v) is 3.34. The number of hydrogen-bond acceptors (Lipinski definition) is 4. The molecule has 0 aliphatic rings. The van der Waals surface area contributed by atoms with Gasteiger partial charge in [-0.2, -0.15) is 0 Å². The summed E-state index contributed by atoms with van der Waals surface area (Å²) in [4.78, 5) is 27.4. The van der Waals surface area contributed by atoms with Gasteiger partial charge in [0.1, 0.15) is 5.75 Å². The SMILES string of the molecule is Cc1ccccc1OCC(=O)NCCCNC(=O)c1cccnc1. The maximum absolute atomic E-state index is 11.8. The van der Waals surface area contributed by atoms with Crippen molar-refractivity contribution in [2.45, 2.75) is 13.3 Å².